The smallest absolute Gasteiger partial charge is 0.281 e. The van der Waals surface area contributed by atoms with Crippen LogP contribution in [0.3, 0.4) is 0 Å². The van der Waals surface area contributed by atoms with Gasteiger partial charge in [0.25, 0.3) is 12.3 Å². The zero-order chi connectivity index (χ0) is 25.3. The maximum atomic E-state index is 13.6. The number of carbonyl (C=O) groups is 1. The quantitative estimate of drug-likeness (QED) is 0.328. The molecule has 1 aromatic carbocycles. The van der Waals surface area contributed by atoms with Gasteiger partial charge in [0.05, 0.1) is 11.3 Å². The fourth-order valence-corrected chi connectivity index (χ4v) is 3.22. The van der Waals surface area contributed by atoms with Crippen LogP contribution < -0.4 is 10.6 Å². The molecule has 0 aliphatic rings. The monoisotopic (exact) mass is 491 g/mol. The molecule has 2 aromatic heterocycles. The molecule has 3 rings (SSSR count). The first kappa shape index (κ1) is 25.7. The molecule has 0 saturated heterocycles. The van der Waals surface area contributed by atoms with Crippen molar-refractivity contribution < 1.29 is 18.7 Å². The first-order valence-electron chi connectivity index (χ1n) is 10.7. The fraction of sp³-hybridized carbons (Fsp3) is 0.375. The van der Waals surface area contributed by atoms with E-state index in [9.17, 15) is 18.7 Å². The molecule has 182 valence electrons. The molecule has 2 heterocycles. The average Bonchev–Trinajstić information content (AvgIpc) is 3.11. The molecule has 0 saturated carbocycles. The summed E-state index contributed by atoms with van der Waals surface area (Å²) in [5, 5.41) is 16.7. The molecule has 34 heavy (non-hydrogen) atoms. The Kier molecular flexibility index (Phi) is 7.40. The third-order valence-electron chi connectivity index (χ3n) is 5.76. The minimum Gasteiger partial charge on any atom is -0.376 e. The number of nitrogens with zero attached hydrogens (tertiary/aromatic N) is 2. The molecular weight excluding hydrogens is 464 g/mol. The van der Waals surface area contributed by atoms with Gasteiger partial charge in [-0.1, -0.05) is 44.5 Å². The second kappa shape index (κ2) is 9.77. The Morgan fingerprint density at radius 1 is 1.21 bits per heavy atom. The number of pyridine rings is 1. The molecule has 0 bridgehead atoms. The molecule has 0 aliphatic heterocycles. The summed E-state index contributed by atoms with van der Waals surface area (Å²) < 4.78 is 27.2. The van der Waals surface area contributed by atoms with Crippen LogP contribution in [0.25, 0.3) is 11.3 Å². The van der Waals surface area contributed by atoms with Crippen LogP contribution in [0.5, 0.6) is 0 Å². The molecule has 1 unspecified atom stereocenters. The Balaban J connectivity index is 1.84. The van der Waals surface area contributed by atoms with Gasteiger partial charge in [-0.3, -0.25) is 20.4 Å². The molecule has 0 spiro atoms. The number of halogens is 3. The van der Waals surface area contributed by atoms with Gasteiger partial charge >= 0.3 is 0 Å². The number of alkyl halides is 2. The standard InChI is InChI=1S/C24H28ClF2N5O2/c1-13-18(15-6-8-16(25)9-7-15)31-22(30-13)32-21(33)17-10-14(11-28-19(17)20(26)27)12-29-24(5,34)23(2,3)4/h6-11,20,29,34H,12H2,1-5H3,(H2,30,31,32,33). The van der Waals surface area contributed by atoms with Crippen molar-refractivity contribution in [2.75, 3.05) is 5.32 Å². The van der Waals surface area contributed by atoms with Gasteiger partial charge < -0.3 is 10.1 Å². The number of imidazole rings is 1. The summed E-state index contributed by atoms with van der Waals surface area (Å²) in [6.45, 7) is 9.12. The second-order valence-corrected chi connectivity index (χ2v) is 9.71. The number of hydrogen-bond donors (Lipinski definition) is 4. The normalized spacial score (nSPS) is 13.7. The van der Waals surface area contributed by atoms with Gasteiger partial charge in [0.2, 0.25) is 5.95 Å². The van der Waals surface area contributed by atoms with E-state index in [-0.39, 0.29) is 18.1 Å². The SMILES string of the molecule is Cc1[nH]c(NC(=O)c2cc(CNC(C)(O)C(C)(C)C)cnc2C(F)F)nc1-c1ccc(Cl)cc1. The van der Waals surface area contributed by atoms with Crippen LogP contribution in [0.1, 0.15) is 61.4 Å². The van der Waals surface area contributed by atoms with Gasteiger partial charge in [-0.15, -0.1) is 0 Å². The number of nitrogens with one attached hydrogen (secondary N) is 3. The fourth-order valence-electron chi connectivity index (χ4n) is 3.09. The van der Waals surface area contributed by atoms with Crippen LogP contribution in [0.15, 0.2) is 36.5 Å². The molecule has 3 aromatic rings. The molecule has 0 radical (unpaired) electrons. The molecule has 10 heteroatoms. The van der Waals surface area contributed by atoms with Crippen molar-refractivity contribution in [3.63, 3.8) is 0 Å². The number of benzene rings is 1. The number of aryl methyl sites for hydroxylation is 1. The molecule has 1 amide bonds. The number of aliphatic hydroxyl groups is 1. The van der Waals surface area contributed by atoms with E-state index < -0.39 is 29.2 Å². The summed E-state index contributed by atoms with van der Waals surface area (Å²) in [5.41, 5.74) is -0.0852. The third kappa shape index (κ3) is 5.78. The molecule has 1 atom stereocenters. The minimum atomic E-state index is -2.94. The first-order chi connectivity index (χ1) is 15.8. The predicted octanol–water partition coefficient (Wildman–Crippen LogP) is 5.47. The van der Waals surface area contributed by atoms with E-state index in [0.29, 0.717) is 22.0 Å². The van der Waals surface area contributed by atoms with Crippen LogP contribution in [0.4, 0.5) is 14.7 Å². The summed E-state index contributed by atoms with van der Waals surface area (Å²) in [4.78, 5) is 24.1. The van der Waals surface area contributed by atoms with Crippen LogP contribution in [-0.4, -0.2) is 31.7 Å². The number of rotatable bonds is 7. The second-order valence-electron chi connectivity index (χ2n) is 9.27. The summed E-state index contributed by atoms with van der Waals surface area (Å²) in [6, 6.07) is 8.37. The Bertz CT molecular complexity index is 1170. The van der Waals surface area contributed by atoms with Crippen molar-refractivity contribution in [3.8, 4) is 11.3 Å². The lowest BCUT2D eigenvalue weighted by Crippen LogP contribution is -2.52. The van der Waals surface area contributed by atoms with E-state index in [1.165, 1.54) is 12.3 Å². The minimum absolute atomic E-state index is 0.117. The number of amides is 1. The Morgan fingerprint density at radius 2 is 1.85 bits per heavy atom. The zero-order valence-corrected chi connectivity index (χ0v) is 20.4. The third-order valence-corrected chi connectivity index (χ3v) is 6.01. The number of aromatic amines is 1. The van der Waals surface area contributed by atoms with Crippen molar-refractivity contribution in [3.05, 3.63) is 64.1 Å². The number of H-pyrrole nitrogens is 1. The van der Waals surface area contributed by atoms with Gasteiger partial charge in [0, 0.05) is 34.4 Å². The van der Waals surface area contributed by atoms with E-state index in [4.69, 9.17) is 11.6 Å². The van der Waals surface area contributed by atoms with E-state index >= 15 is 0 Å². The summed E-state index contributed by atoms with van der Waals surface area (Å²) in [6.07, 6.45) is -1.68. The highest BCUT2D eigenvalue weighted by Gasteiger charge is 2.34. The zero-order valence-electron chi connectivity index (χ0n) is 19.6. The Labute approximate surface area is 202 Å². The van der Waals surface area contributed by atoms with Crippen molar-refractivity contribution >= 4 is 23.5 Å². The molecular formula is C24H28ClF2N5O2. The largest absolute Gasteiger partial charge is 0.376 e. The lowest BCUT2D eigenvalue weighted by Gasteiger charge is -2.38. The lowest BCUT2D eigenvalue weighted by molar-refractivity contribution is -0.0719. The molecule has 4 N–H and O–H groups in total. The van der Waals surface area contributed by atoms with Crippen LogP contribution in [-0.2, 0) is 6.54 Å². The van der Waals surface area contributed by atoms with Gasteiger partial charge in [-0.05, 0) is 37.6 Å². The Morgan fingerprint density at radius 3 is 2.44 bits per heavy atom. The van der Waals surface area contributed by atoms with Crippen molar-refractivity contribution in [1.29, 1.82) is 0 Å². The van der Waals surface area contributed by atoms with Gasteiger partial charge in [-0.2, -0.15) is 0 Å². The average molecular weight is 492 g/mol. The van der Waals surface area contributed by atoms with Crippen molar-refractivity contribution in [1.82, 2.24) is 20.3 Å². The number of anilines is 1. The first-order valence-corrected chi connectivity index (χ1v) is 11.0. The van der Waals surface area contributed by atoms with Crippen molar-refractivity contribution in [2.24, 2.45) is 5.41 Å². The predicted molar refractivity (Wildman–Crippen MR) is 128 cm³/mol. The summed E-state index contributed by atoms with van der Waals surface area (Å²) in [7, 11) is 0. The highest BCUT2D eigenvalue weighted by molar-refractivity contribution is 6.30. The highest BCUT2D eigenvalue weighted by atomic mass is 35.5. The van der Waals surface area contributed by atoms with Crippen LogP contribution >= 0.6 is 11.6 Å². The lowest BCUT2D eigenvalue weighted by atomic mass is 9.84. The highest BCUT2D eigenvalue weighted by Crippen LogP contribution is 2.29. The van der Waals surface area contributed by atoms with E-state index in [0.717, 1.165) is 5.56 Å². The number of hydrogen-bond acceptors (Lipinski definition) is 5. The molecule has 7 nitrogen and oxygen atoms in total. The Hall–Kier alpha value is -2.88. The van der Waals surface area contributed by atoms with E-state index in [2.05, 4.69) is 25.6 Å². The maximum Gasteiger partial charge on any atom is 0.281 e. The van der Waals surface area contributed by atoms with Crippen LogP contribution in [0.2, 0.25) is 5.02 Å². The summed E-state index contributed by atoms with van der Waals surface area (Å²) in [5.74, 6) is -0.657. The number of aromatic nitrogens is 3. The maximum absolute atomic E-state index is 13.6. The molecule has 0 aliphatic carbocycles. The van der Waals surface area contributed by atoms with Gasteiger partial charge in [-0.25, -0.2) is 13.8 Å². The van der Waals surface area contributed by atoms with Gasteiger partial charge in [0.1, 0.15) is 11.4 Å². The van der Waals surface area contributed by atoms with Crippen LogP contribution in [0, 0.1) is 12.3 Å². The van der Waals surface area contributed by atoms with E-state index in [1.54, 1.807) is 38.1 Å². The van der Waals surface area contributed by atoms with Gasteiger partial charge in [0.15, 0.2) is 0 Å². The topological polar surface area (TPSA) is 103 Å². The summed E-state index contributed by atoms with van der Waals surface area (Å²) >= 11 is 5.93. The van der Waals surface area contributed by atoms with E-state index in [1.807, 2.05) is 20.8 Å². The number of carbonyl (C=O) groups excluding carboxylic acids is 1. The molecule has 0 fully saturated rings. The van der Waals surface area contributed by atoms with Crippen molar-refractivity contribution in [2.45, 2.75) is 53.3 Å².